The SMILES string of the molecule is C=C[C@@H]1/C=C/C=C/C=C(\C)[C@@H](O)C[C@@H]2CC[C@@H](C)[C@@](O)(O2)C(=O)C(=O)N2CCCC[C@H]2C(=O)O[C@H]([C@H](C)C[C@@H]2CC[C@@H](OP(C)(C)=O)[C@H](OC)C2)CC(=O)[C@H](C)/C=C(\C)[C@@H](O)[C@@H](OC)C(=O)[C@H](C)C1. The van der Waals surface area contributed by atoms with Gasteiger partial charge in [0.05, 0.1) is 24.4 Å². The summed E-state index contributed by atoms with van der Waals surface area (Å²) in [6.07, 6.45) is 11.0. The van der Waals surface area contributed by atoms with Crippen molar-refractivity contribution in [3.8, 4) is 0 Å². The number of hydrogen-bond donors (Lipinski definition) is 3. The van der Waals surface area contributed by atoms with Crippen molar-refractivity contribution in [2.75, 3.05) is 34.1 Å². The highest BCUT2D eigenvalue weighted by Crippen LogP contribution is 2.44. The number of Topliss-reactive ketones (excluding diaryl/α,β-unsaturated/α-hetero) is 3. The van der Waals surface area contributed by atoms with Crippen molar-refractivity contribution >= 4 is 36.6 Å². The van der Waals surface area contributed by atoms with Gasteiger partial charge in [-0.2, -0.15) is 0 Å². The van der Waals surface area contributed by atoms with Gasteiger partial charge in [-0.15, -0.1) is 6.58 Å². The molecule has 3 N–H and O–H groups in total. The van der Waals surface area contributed by atoms with Gasteiger partial charge in [0.25, 0.3) is 11.7 Å². The molecule has 15 nitrogen and oxygen atoms in total. The number of carbonyl (C=O) groups excluding carboxylic acids is 5. The van der Waals surface area contributed by atoms with Crippen LogP contribution >= 0.6 is 7.37 Å². The Morgan fingerprint density at radius 1 is 0.913 bits per heavy atom. The maximum absolute atomic E-state index is 14.5. The van der Waals surface area contributed by atoms with Gasteiger partial charge in [0, 0.05) is 64.7 Å². The Hall–Kier alpha value is -3.40. The number of aliphatic hydroxyl groups excluding tert-OH is 2. The Kier molecular flexibility index (Phi) is 22.2. The van der Waals surface area contributed by atoms with Crippen molar-refractivity contribution in [3.63, 3.8) is 0 Å². The summed E-state index contributed by atoms with van der Waals surface area (Å²) in [6, 6.07) is -1.18. The molecule has 2 saturated heterocycles. The van der Waals surface area contributed by atoms with E-state index in [1.807, 2.05) is 19.1 Å². The third-order valence-electron chi connectivity index (χ3n) is 14.7. The van der Waals surface area contributed by atoms with Gasteiger partial charge in [-0.25, -0.2) is 4.79 Å². The zero-order valence-electron chi connectivity index (χ0n) is 42.8. The fourth-order valence-corrected chi connectivity index (χ4v) is 11.1. The number of methoxy groups -OCH3 is 2. The summed E-state index contributed by atoms with van der Waals surface area (Å²) in [4.78, 5) is 72.0. The van der Waals surface area contributed by atoms with E-state index >= 15 is 0 Å². The van der Waals surface area contributed by atoms with Crippen LogP contribution in [-0.2, 0) is 52.0 Å². The quantitative estimate of drug-likeness (QED) is 0.0946. The fourth-order valence-electron chi connectivity index (χ4n) is 10.3. The Labute approximate surface area is 410 Å². The highest BCUT2D eigenvalue weighted by Gasteiger charge is 2.53. The fraction of sp³-hybridized carbons (Fsp3) is 0.717. The van der Waals surface area contributed by atoms with E-state index < -0.39 is 85.1 Å². The zero-order valence-corrected chi connectivity index (χ0v) is 43.6. The van der Waals surface area contributed by atoms with E-state index in [1.54, 1.807) is 85.4 Å². The molecule has 4 rings (SSSR count). The minimum atomic E-state index is -2.80. The van der Waals surface area contributed by atoms with Crippen LogP contribution in [0.25, 0.3) is 0 Å². The Bertz CT molecular complexity index is 1970. The normalized spacial score (nSPS) is 38.9. The summed E-state index contributed by atoms with van der Waals surface area (Å²) >= 11 is 0. The number of ether oxygens (including phenoxy) is 4. The van der Waals surface area contributed by atoms with Crippen LogP contribution in [0.3, 0.4) is 0 Å². The van der Waals surface area contributed by atoms with Gasteiger partial charge < -0.3 is 43.7 Å². The molecule has 1 aliphatic carbocycles. The zero-order chi connectivity index (χ0) is 51.4. The molecule has 1 amide bonds. The molecule has 3 heterocycles. The molecule has 3 fully saturated rings. The monoisotopic (exact) mass is 988 g/mol. The number of aliphatic hydroxyl groups is 3. The number of rotatable bonds is 8. The average molecular weight is 988 g/mol. The lowest BCUT2D eigenvalue weighted by atomic mass is 9.78. The molecular formula is C53H82NO14P. The van der Waals surface area contributed by atoms with Gasteiger partial charge >= 0.3 is 5.97 Å². The van der Waals surface area contributed by atoms with E-state index in [9.17, 15) is 43.9 Å². The van der Waals surface area contributed by atoms with Gasteiger partial charge in [-0.3, -0.25) is 23.7 Å². The number of allylic oxidation sites excluding steroid dienone is 7. The maximum atomic E-state index is 14.5. The molecule has 16 heteroatoms. The Morgan fingerprint density at radius 2 is 1.62 bits per heavy atom. The highest BCUT2D eigenvalue weighted by molar-refractivity contribution is 7.57. The van der Waals surface area contributed by atoms with Crippen molar-refractivity contribution in [1.82, 2.24) is 4.90 Å². The van der Waals surface area contributed by atoms with Crippen LogP contribution in [0.4, 0.5) is 0 Å². The number of cyclic esters (lactones) is 1. The first-order chi connectivity index (χ1) is 32.4. The summed E-state index contributed by atoms with van der Waals surface area (Å²) in [5.74, 6) is -8.75. The van der Waals surface area contributed by atoms with Crippen molar-refractivity contribution in [2.45, 2.75) is 173 Å². The van der Waals surface area contributed by atoms with Gasteiger partial charge in [0.15, 0.2) is 13.2 Å². The lowest BCUT2D eigenvalue weighted by Crippen LogP contribution is -2.61. The third kappa shape index (κ3) is 16.0. The summed E-state index contributed by atoms with van der Waals surface area (Å²) in [6.45, 7) is 17.5. The molecule has 0 aromatic heterocycles. The minimum absolute atomic E-state index is 0.0512. The van der Waals surface area contributed by atoms with Crippen LogP contribution in [0, 0.1) is 35.5 Å². The first-order valence-corrected chi connectivity index (χ1v) is 27.5. The van der Waals surface area contributed by atoms with Crippen LogP contribution in [0.2, 0.25) is 0 Å². The van der Waals surface area contributed by atoms with Crippen LogP contribution in [0.15, 0.2) is 60.3 Å². The molecule has 388 valence electrons. The van der Waals surface area contributed by atoms with Gasteiger partial charge in [0.1, 0.15) is 30.1 Å². The molecule has 4 aliphatic rings. The van der Waals surface area contributed by atoms with Gasteiger partial charge in [-0.05, 0) is 107 Å². The van der Waals surface area contributed by atoms with E-state index in [4.69, 9.17) is 23.5 Å². The molecule has 0 unspecified atom stereocenters. The molecular weight excluding hydrogens is 906 g/mol. The summed E-state index contributed by atoms with van der Waals surface area (Å²) in [5.41, 5.74) is 0.955. The van der Waals surface area contributed by atoms with E-state index in [1.165, 1.54) is 7.11 Å². The smallest absolute Gasteiger partial charge is 0.329 e. The van der Waals surface area contributed by atoms with E-state index in [-0.39, 0.29) is 67.3 Å². The molecule has 0 radical (unpaired) electrons. The van der Waals surface area contributed by atoms with E-state index in [0.29, 0.717) is 68.9 Å². The number of nitrogens with zero attached hydrogens (tertiary/aromatic N) is 1. The van der Waals surface area contributed by atoms with Crippen LogP contribution in [0.5, 0.6) is 0 Å². The number of fused-ring (bicyclic) bond motifs is 3. The number of ketones is 3. The largest absolute Gasteiger partial charge is 0.460 e. The van der Waals surface area contributed by atoms with Gasteiger partial charge in [-0.1, -0.05) is 70.2 Å². The lowest BCUT2D eigenvalue weighted by molar-refractivity contribution is -0.265. The molecule has 69 heavy (non-hydrogen) atoms. The predicted octanol–water partition coefficient (Wildman–Crippen LogP) is 7.25. The second-order valence-corrected chi connectivity index (χ2v) is 23.3. The maximum Gasteiger partial charge on any atom is 0.329 e. The average Bonchev–Trinajstić information content (AvgIpc) is 3.30. The molecule has 2 bridgehead atoms. The standard InChI is InChI=1S/C53H82NO14P/c1-12-38-19-15-13-14-18-32(2)42(55)30-40-23-21-37(7)53(62,67-40)50(59)51(60)54-25-17-16-20-41(54)52(61)66-45(34(4)27-39-22-24-44(46(29-39)64-8)68-69(10,11)63)31-43(56)33(3)26-35(5)47(57)49(65-9)48(58)36(6)28-38/h12-15,18-19,26,33-34,36-42,44-47,49,55,57,62H,1,16-17,20-25,27-31H2,2-11H3/b14-13+,19-15+,32-18+,35-26+/t33-,34-,36-,37-,38-,39+,40+,41+,42+,44-,45+,46-,47-,49-,53-/m1/s1. The molecule has 0 aromatic carbocycles. The lowest BCUT2D eigenvalue weighted by Gasteiger charge is -2.42. The number of esters is 1. The van der Waals surface area contributed by atoms with Crippen molar-refractivity contribution in [1.29, 1.82) is 0 Å². The Morgan fingerprint density at radius 3 is 2.28 bits per heavy atom. The Balaban J connectivity index is 1.70. The van der Waals surface area contributed by atoms with Gasteiger partial charge in [0.2, 0.25) is 5.79 Å². The molecule has 3 aliphatic heterocycles. The van der Waals surface area contributed by atoms with Crippen molar-refractivity contribution < 1.29 is 67.3 Å². The van der Waals surface area contributed by atoms with E-state index in [2.05, 4.69) is 6.58 Å². The third-order valence-corrected chi connectivity index (χ3v) is 15.5. The number of piperidine rings is 1. The van der Waals surface area contributed by atoms with Crippen molar-refractivity contribution in [3.05, 3.63) is 60.3 Å². The first-order valence-electron chi connectivity index (χ1n) is 24.9. The second kappa shape index (κ2) is 26.3. The second-order valence-electron chi connectivity index (χ2n) is 20.6. The van der Waals surface area contributed by atoms with E-state index in [0.717, 1.165) is 4.90 Å². The summed E-state index contributed by atoms with van der Waals surface area (Å²) in [7, 11) is 0.144. The van der Waals surface area contributed by atoms with Crippen LogP contribution < -0.4 is 0 Å². The minimum Gasteiger partial charge on any atom is -0.460 e. The highest BCUT2D eigenvalue weighted by atomic mass is 31.2. The molecule has 1 saturated carbocycles. The predicted molar refractivity (Wildman–Crippen MR) is 263 cm³/mol. The number of hydrogen-bond acceptors (Lipinski definition) is 14. The van der Waals surface area contributed by atoms with Crippen LogP contribution in [-0.4, -0.2) is 138 Å². The summed E-state index contributed by atoms with van der Waals surface area (Å²) < 4.78 is 42.2. The molecule has 0 aromatic rings. The number of carbonyl (C=O) groups is 5. The molecule has 15 atom stereocenters. The topological polar surface area (TPSA) is 212 Å². The summed E-state index contributed by atoms with van der Waals surface area (Å²) in [5, 5.41) is 34.5. The van der Waals surface area contributed by atoms with Crippen molar-refractivity contribution in [2.24, 2.45) is 35.5 Å². The number of amides is 1. The first kappa shape index (κ1) is 58.2. The molecule has 0 spiro atoms. The van der Waals surface area contributed by atoms with Crippen LogP contribution in [0.1, 0.15) is 119 Å².